The van der Waals surface area contributed by atoms with Gasteiger partial charge in [0.1, 0.15) is 11.5 Å². The summed E-state index contributed by atoms with van der Waals surface area (Å²) in [5, 5.41) is 22.8. The Morgan fingerprint density at radius 1 is 1.24 bits per heavy atom. The molecule has 0 fully saturated rings. The third kappa shape index (κ3) is 3.33. The first-order valence-electron chi connectivity index (χ1n) is 5.98. The summed E-state index contributed by atoms with van der Waals surface area (Å²) in [6.07, 6.45) is 0. The van der Waals surface area contributed by atoms with Crippen molar-refractivity contribution < 1.29 is 19.2 Å². The van der Waals surface area contributed by atoms with Crippen LogP contribution in [0.5, 0.6) is 0 Å². The number of carboxylic acid groups (broad SMARTS) is 1. The van der Waals surface area contributed by atoms with Gasteiger partial charge in [-0.3, -0.25) is 10.1 Å². The Kier molecular flexibility index (Phi) is 4.13. The molecule has 2 aromatic carbocycles. The van der Waals surface area contributed by atoms with E-state index in [0.29, 0.717) is 5.56 Å². The van der Waals surface area contributed by atoms with Gasteiger partial charge in [0.15, 0.2) is 0 Å². The van der Waals surface area contributed by atoms with Crippen molar-refractivity contribution in [3.05, 3.63) is 69.5 Å². The first-order valence-corrected chi connectivity index (χ1v) is 5.98. The fourth-order valence-corrected chi connectivity index (χ4v) is 1.85. The third-order valence-electron chi connectivity index (χ3n) is 2.85. The molecule has 0 aliphatic heterocycles. The Morgan fingerprint density at radius 3 is 2.48 bits per heavy atom. The summed E-state index contributed by atoms with van der Waals surface area (Å²) in [6.45, 7) is 0.144. The van der Waals surface area contributed by atoms with Crippen LogP contribution in [0.25, 0.3) is 0 Å². The van der Waals surface area contributed by atoms with E-state index in [1.807, 2.05) is 0 Å². The van der Waals surface area contributed by atoms with Gasteiger partial charge in [0.05, 0.1) is 10.5 Å². The van der Waals surface area contributed by atoms with Crippen molar-refractivity contribution in [2.45, 2.75) is 6.54 Å². The Morgan fingerprint density at radius 2 is 1.90 bits per heavy atom. The average Bonchev–Trinajstić information content (AvgIpc) is 2.46. The Labute approximate surface area is 119 Å². The summed E-state index contributed by atoms with van der Waals surface area (Å²) in [5.41, 5.74) is 0.0912. The van der Waals surface area contributed by atoms with Crippen molar-refractivity contribution >= 4 is 17.3 Å². The highest BCUT2D eigenvalue weighted by atomic mass is 19.1. The Hall–Kier alpha value is -2.96. The highest BCUT2D eigenvalue weighted by Crippen LogP contribution is 2.28. The Balaban J connectivity index is 2.31. The van der Waals surface area contributed by atoms with Crippen LogP contribution in [-0.2, 0) is 6.54 Å². The van der Waals surface area contributed by atoms with E-state index in [1.165, 1.54) is 42.5 Å². The lowest BCUT2D eigenvalue weighted by atomic mass is 10.1. The fourth-order valence-electron chi connectivity index (χ4n) is 1.85. The molecule has 0 radical (unpaired) electrons. The zero-order valence-electron chi connectivity index (χ0n) is 10.7. The lowest BCUT2D eigenvalue weighted by Crippen LogP contribution is -2.09. The summed E-state index contributed by atoms with van der Waals surface area (Å²) in [6, 6.07) is 9.35. The van der Waals surface area contributed by atoms with Gasteiger partial charge >= 0.3 is 5.97 Å². The van der Waals surface area contributed by atoms with Gasteiger partial charge in [-0.1, -0.05) is 18.2 Å². The van der Waals surface area contributed by atoms with Crippen molar-refractivity contribution in [1.29, 1.82) is 0 Å². The molecule has 0 aliphatic carbocycles. The number of carboxylic acids is 1. The van der Waals surface area contributed by atoms with Gasteiger partial charge in [0, 0.05) is 12.6 Å². The van der Waals surface area contributed by atoms with Crippen molar-refractivity contribution in [1.82, 2.24) is 0 Å². The molecule has 0 aliphatic rings. The second-order valence-electron chi connectivity index (χ2n) is 4.24. The predicted octanol–water partition coefficient (Wildman–Crippen LogP) is 3.04. The van der Waals surface area contributed by atoms with Crippen LogP contribution in [-0.4, -0.2) is 16.0 Å². The molecule has 7 heteroatoms. The van der Waals surface area contributed by atoms with Gasteiger partial charge in [0.25, 0.3) is 5.69 Å². The zero-order chi connectivity index (χ0) is 15.4. The molecule has 2 aromatic rings. The number of anilines is 1. The number of benzene rings is 2. The topological polar surface area (TPSA) is 92.5 Å². The number of para-hydroxylation sites is 1. The summed E-state index contributed by atoms with van der Waals surface area (Å²) in [5.74, 6) is -1.66. The standard InChI is InChI=1S/C14H11FN2O4/c15-10-6-4-9(5-7-10)8-16-13-11(14(18)19)2-1-3-12(13)17(20)21/h1-7,16H,8H2,(H,18,19). The molecule has 0 heterocycles. The van der Waals surface area contributed by atoms with E-state index in [2.05, 4.69) is 5.32 Å². The molecule has 0 aromatic heterocycles. The summed E-state index contributed by atoms with van der Waals surface area (Å²) >= 11 is 0. The number of carbonyl (C=O) groups is 1. The van der Waals surface area contributed by atoms with E-state index in [9.17, 15) is 19.3 Å². The van der Waals surface area contributed by atoms with Gasteiger partial charge in [-0.05, 0) is 23.8 Å². The smallest absolute Gasteiger partial charge is 0.338 e. The van der Waals surface area contributed by atoms with Gasteiger partial charge < -0.3 is 10.4 Å². The number of hydrogen-bond acceptors (Lipinski definition) is 4. The lowest BCUT2D eigenvalue weighted by molar-refractivity contribution is -0.384. The number of hydrogen-bond donors (Lipinski definition) is 2. The van der Waals surface area contributed by atoms with E-state index in [4.69, 9.17) is 5.11 Å². The quantitative estimate of drug-likeness (QED) is 0.652. The molecule has 2 rings (SSSR count). The summed E-state index contributed by atoms with van der Waals surface area (Å²) < 4.78 is 12.8. The molecule has 0 bridgehead atoms. The fraction of sp³-hybridized carbons (Fsp3) is 0.0714. The first-order chi connectivity index (χ1) is 9.99. The van der Waals surface area contributed by atoms with Gasteiger partial charge in [0.2, 0.25) is 0 Å². The van der Waals surface area contributed by atoms with Gasteiger partial charge in [-0.25, -0.2) is 9.18 Å². The van der Waals surface area contributed by atoms with E-state index in [-0.39, 0.29) is 23.5 Å². The minimum absolute atomic E-state index is 0.0701. The van der Waals surface area contributed by atoms with Crippen LogP contribution in [0.4, 0.5) is 15.8 Å². The molecule has 0 spiro atoms. The number of nitro groups is 1. The summed E-state index contributed by atoms with van der Waals surface area (Å²) in [7, 11) is 0. The number of halogens is 1. The lowest BCUT2D eigenvalue weighted by Gasteiger charge is -2.10. The van der Waals surface area contributed by atoms with Crippen molar-refractivity contribution in [2.75, 3.05) is 5.32 Å². The van der Waals surface area contributed by atoms with Crippen molar-refractivity contribution in [2.24, 2.45) is 0 Å². The van der Waals surface area contributed by atoms with Crippen molar-refractivity contribution in [3.8, 4) is 0 Å². The van der Waals surface area contributed by atoms with Crippen LogP contribution in [0, 0.1) is 15.9 Å². The highest BCUT2D eigenvalue weighted by molar-refractivity contribution is 5.96. The molecule has 0 atom stereocenters. The van der Waals surface area contributed by atoms with Gasteiger partial charge in [-0.2, -0.15) is 0 Å². The summed E-state index contributed by atoms with van der Waals surface area (Å²) in [4.78, 5) is 21.5. The van der Waals surface area contributed by atoms with Crippen LogP contribution in [0.3, 0.4) is 0 Å². The monoisotopic (exact) mass is 290 g/mol. The van der Waals surface area contributed by atoms with Crippen LogP contribution in [0.1, 0.15) is 15.9 Å². The maximum atomic E-state index is 12.8. The maximum Gasteiger partial charge on any atom is 0.338 e. The van der Waals surface area contributed by atoms with Crippen LogP contribution >= 0.6 is 0 Å². The number of aromatic carboxylic acids is 1. The molecule has 0 saturated carbocycles. The SMILES string of the molecule is O=C(O)c1cccc([N+](=O)[O-])c1NCc1ccc(F)cc1. The molecule has 6 nitrogen and oxygen atoms in total. The van der Waals surface area contributed by atoms with E-state index < -0.39 is 16.7 Å². The van der Waals surface area contributed by atoms with Crippen LogP contribution in [0.2, 0.25) is 0 Å². The number of nitrogens with zero attached hydrogens (tertiary/aromatic N) is 1. The molecule has 0 unspecified atom stereocenters. The molecular weight excluding hydrogens is 279 g/mol. The third-order valence-corrected chi connectivity index (χ3v) is 2.85. The van der Waals surface area contributed by atoms with Gasteiger partial charge in [-0.15, -0.1) is 0 Å². The molecule has 108 valence electrons. The predicted molar refractivity (Wildman–Crippen MR) is 73.8 cm³/mol. The molecule has 21 heavy (non-hydrogen) atoms. The molecule has 0 amide bonds. The molecule has 0 saturated heterocycles. The number of nitrogens with one attached hydrogen (secondary N) is 1. The van der Waals surface area contributed by atoms with E-state index in [0.717, 1.165) is 0 Å². The number of rotatable bonds is 5. The normalized spacial score (nSPS) is 10.1. The molecular formula is C14H11FN2O4. The number of nitro benzene ring substituents is 1. The maximum absolute atomic E-state index is 12.8. The largest absolute Gasteiger partial charge is 0.478 e. The molecule has 2 N–H and O–H groups in total. The van der Waals surface area contributed by atoms with Crippen LogP contribution < -0.4 is 5.32 Å². The second-order valence-corrected chi connectivity index (χ2v) is 4.24. The zero-order valence-corrected chi connectivity index (χ0v) is 10.7. The average molecular weight is 290 g/mol. The minimum Gasteiger partial charge on any atom is -0.478 e. The van der Waals surface area contributed by atoms with E-state index in [1.54, 1.807) is 0 Å². The van der Waals surface area contributed by atoms with Crippen LogP contribution in [0.15, 0.2) is 42.5 Å². The second kappa shape index (κ2) is 6.00. The van der Waals surface area contributed by atoms with Crippen molar-refractivity contribution in [3.63, 3.8) is 0 Å². The minimum atomic E-state index is -1.26. The highest BCUT2D eigenvalue weighted by Gasteiger charge is 2.20. The Bertz CT molecular complexity index is 654. The van der Waals surface area contributed by atoms with E-state index >= 15 is 0 Å². The first kappa shape index (κ1) is 14.4.